The summed E-state index contributed by atoms with van der Waals surface area (Å²) in [6.07, 6.45) is 5.42. The number of phenols is 1. The molecule has 0 bridgehead atoms. The monoisotopic (exact) mass is 364 g/mol. The molecule has 0 atom stereocenters. The highest BCUT2D eigenvalue weighted by Crippen LogP contribution is 2.28. The molecular weight excluding hydrogens is 340 g/mol. The second-order valence-electron chi connectivity index (χ2n) is 6.92. The van der Waals surface area contributed by atoms with E-state index in [4.69, 9.17) is 0 Å². The summed E-state index contributed by atoms with van der Waals surface area (Å²) in [6.45, 7) is 6.80. The number of phenolic OH excluding ortho intramolecular Hbond substituents is 1. The predicted molar refractivity (Wildman–Crippen MR) is 105 cm³/mol. The van der Waals surface area contributed by atoms with Gasteiger partial charge in [-0.3, -0.25) is 14.6 Å². The quantitative estimate of drug-likeness (QED) is 0.765. The number of aromatic nitrogens is 4. The van der Waals surface area contributed by atoms with Crippen LogP contribution in [0.1, 0.15) is 11.3 Å². The lowest BCUT2D eigenvalue weighted by atomic mass is 10.1. The third-order valence-electron chi connectivity index (χ3n) is 5.22. The predicted octanol–water partition coefficient (Wildman–Crippen LogP) is 2.21. The first kappa shape index (κ1) is 17.5. The summed E-state index contributed by atoms with van der Waals surface area (Å²) in [5.74, 6) is 1.16. The van der Waals surface area contributed by atoms with Gasteiger partial charge >= 0.3 is 0 Å². The van der Waals surface area contributed by atoms with Crippen LogP contribution in [-0.4, -0.2) is 55.9 Å². The van der Waals surface area contributed by atoms with Crippen molar-refractivity contribution >= 4 is 5.82 Å². The first-order chi connectivity index (χ1) is 13.1. The number of hydrogen-bond donors (Lipinski definition) is 1. The molecule has 140 valence electrons. The Morgan fingerprint density at radius 1 is 1.00 bits per heavy atom. The molecule has 1 aromatic carbocycles. The molecule has 1 fully saturated rings. The van der Waals surface area contributed by atoms with Crippen LogP contribution in [0.2, 0.25) is 0 Å². The molecule has 0 aliphatic carbocycles. The molecule has 0 spiro atoms. The summed E-state index contributed by atoms with van der Waals surface area (Å²) in [5.41, 5.74) is 4.33. The van der Waals surface area contributed by atoms with Gasteiger partial charge < -0.3 is 10.0 Å². The van der Waals surface area contributed by atoms with Crippen LogP contribution in [0.4, 0.5) is 5.82 Å². The van der Waals surface area contributed by atoms with Gasteiger partial charge in [0, 0.05) is 69.0 Å². The van der Waals surface area contributed by atoms with Gasteiger partial charge in [-0.2, -0.15) is 5.10 Å². The average Bonchev–Trinajstić information content (AvgIpc) is 3.01. The van der Waals surface area contributed by atoms with Crippen molar-refractivity contribution in [1.29, 1.82) is 0 Å². The maximum Gasteiger partial charge on any atom is 0.155 e. The van der Waals surface area contributed by atoms with Gasteiger partial charge in [-0.1, -0.05) is 0 Å². The smallest absolute Gasteiger partial charge is 0.155 e. The van der Waals surface area contributed by atoms with Gasteiger partial charge in [-0.05, 0) is 31.2 Å². The number of aryl methyl sites for hydroxylation is 1. The zero-order valence-electron chi connectivity index (χ0n) is 15.7. The van der Waals surface area contributed by atoms with Crippen LogP contribution in [0.15, 0.2) is 42.9 Å². The molecule has 1 aliphatic rings. The molecule has 2 aromatic heterocycles. The van der Waals surface area contributed by atoms with Crippen LogP contribution in [0, 0.1) is 6.92 Å². The zero-order valence-corrected chi connectivity index (χ0v) is 15.7. The molecule has 27 heavy (non-hydrogen) atoms. The first-order valence-corrected chi connectivity index (χ1v) is 9.17. The van der Waals surface area contributed by atoms with E-state index in [0.29, 0.717) is 0 Å². The van der Waals surface area contributed by atoms with Crippen LogP contribution in [-0.2, 0) is 13.6 Å². The number of piperazine rings is 1. The molecule has 1 aliphatic heterocycles. The van der Waals surface area contributed by atoms with Crippen molar-refractivity contribution in [3.05, 3.63) is 54.1 Å². The van der Waals surface area contributed by atoms with Gasteiger partial charge in [0.1, 0.15) is 11.4 Å². The van der Waals surface area contributed by atoms with Crippen molar-refractivity contribution in [2.45, 2.75) is 13.5 Å². The van der Waals surface area contributed by atoms with Gasteiger partial charge in [0.05, 0.1) is 6.20 Å². The molecular formula is C20H24N6O. The Balaban J connectivity index is 1.47. The number of anilines is 1. The third-order valence-corrected chi connectivity index (χ3v) is 5.22. The highest BCUT2D eigenvalue weighted by molar-refractivity contribution is 5.72. The highest BCUT2D eigenvalue weighted by atomic mass is 16.3. The first-order valence-electron chi connectivity index (χ1n) is 9.17. The van der Waals surface area contributed by atoms with E-state index in [9.17, 15) is 5.11 Å². The number of rotatable bonds is 4. The van der Waals surface area contributed by atoms with Gasteiger partial charge in [0.15, 0.2) is 5.82 Å². The van der Waals surface area contributed by atoms with Crippen molar-refractivity contribution in [2.75, 3.05) is 31.1 Å². The molecule has 3 heterocycles. The van der Waals surface area contributed by atoms with E-state index in [0.717, 1.165) is 49.8 Å². The van der Waals surface area contributed by atoms with Gasteiger partial charge in [-0.25, -0.2) is 4.98 Å². The van der Waals surface area contributed by atoms with Crippen LogP contribution in [0.5, 0.6) is 5.75 Å². The van der Waals surface area contributed by atoms with Gasteiger partial charge in [0.2, 0.25) is 0 Å². The van der Waals surface area contributed by atoms with Gasteiger partial charge in [-0.15, -0.1) is 0 Å². The van der Waals surface area contributed by atoms with Crippen molar-refractivity contribution in [3.63, 3.8) is 0 Å². The molecule has 0 unspecified atom stereocenters. The fraction of sp³-hybridized carbons (Fsp3) is 0.350. The summed E-state index contributed by atoms with van der Waals surface area (Å²) < 4.78 is 1.93. The molecule has 7 heteroatoms. The van der Waals surface area contributed by atoms with Crippen LogP contribution < -0.4 is 4.90 Å². The number of aromatic hydroxyl groups is 1. The average molecular weight is 364 g/mol. The third kappa shape index (κ3) is 3.64. The summed E-state index contributed by atoms with van der Waals surface area (Å²) in [4.78, 5) is 13.9. The van der Waals surface area contributed by atoms with E-state index in [-0.39, 0.29) is 5.75 Å². The summed E-state index contributed by atoms with van der Waals surface area (Å²) in [6, 6.07) is 7.12. The topological polar surface area (TPSA) is 70.3 Å². The largest absolute Gasteiger partial charge is 0.508 e. The highest BCUT2D eigenvalue weighted by Gasteiger charge is 2.22. The van der Waals surface area contributed by atoms with E-state index in [2.05, 4.69) is 31.8 Å². The normalized spacial score (nSPS) is 15.3. The Morgan fingerprint density at radius 3 is 2.37 bits per heavy atom. The lowest BCUT2D eigenvalue weighted by Gasteiger charge is -2.35. The van der Waals surface area contributed by atoms with Crippen molar-refractivity contribution in [1.82, 2.24) is 24.6 Å². The van der Waals surface area contributed by atoms with Crippen LogP contribution >= 0.6 is 0 Å². The zero-order chi connectivity index (χ0) is 18.8. The van der Waals surface area contributed by atoms with E-state index >= 15 is 0 Å². The lowest BCUT2D eigenvalue weighted by molar-refractivity contribution is 0.249. The minimum atomic E-state index is 0.253. The number of nitrogens with zero attached hydrogens (tertiary/aromatic N) is 6. The molecule has 0 amide bonds. The SMILES string of the molecule is Cc1c(CN2CCN(c3nccnc3-c3ccc(O)cc3)CC2)cnn1C. The Labute approximate surface area is 158 Å². The molecule has 7 nitrogen and oxygen atoms in total. The second-order valence-corrected chi connectivity index (χ2v) is 6.92. The standard InChI is InChI=1S/C20H24N6O/c1-15-17(13-23-24(15)2)14-25-9-11-26(12-10-25)20-19(21-7-8-22-20)16-3-5-18(27)6-4-16/h3-8,13,27H,9-12,14H2,1-2H3. The van der Waals surface area contributed by atoms with Gasteiger partial charge in [0.25, 0.3) is 0 Å². The van der Waals surface area contributed by atoms with Crippen LogP contribution in [0.3, 0.4) is 0 Å². The molecule has 4 rings (SSSR count). The molecule has 3 aromatic rings. The fourth-order valence-electron chi connectivity index (χ4n) is 3.44. The van der Waals surface area contributed by atoms with E-state index in [1.54, 1.807) is 24.5 Å². The minimum absolute atomic E-state index is 0.253. The lowest BCUT2D eigenvalue weighted by Crippen LogP contribution is -2.46. The maximum absolute atomic E-state index is 9.53. The Morgan fingerprint density at radius 2 is 1.70 bits per heavy atom. The van der Waals surface area contributed by atoms with Crippen molar-refractivity contribution in [2.24, 2.45) is 7.05 Å². The molecule has 0 saturated carbocycles. The van der Waals surface area contributed by atoms with Crippen molar-refractivity contribution in [3.8, 4) is 17.0 Å². The fourth-order valence-corrected chi connectivity index (χ4v) is 3.44. The molecule has 1 N–H and O–H groups in total. The Bertz CT molecular complexity index is 912. The molecule has 0 radical (unpaired) electrons. The number of benzene rings is 1. The minimum Gasteiger partial charge on any atom is -0.508 e. The second kappa shape index (κ2) is 7.36. The summed E-state index contributed by atoms with van der Waals surface area (Å²) in [5, 5.41) is 13.9. The summed E-state index contributed by atoms with van der Waals surface area (Å²) >= 11 is 0. The van der Waals surface area contributed by atoms with Crippen molar-refractivity contribution < 1.29 is 5.11 Å². The Hall–Kier alpha value is -2.93. The molecule has 1 saturated heterocycles. The van der Waals surface area contributed by atoms with E-state index in [1.807, 2.05) is 30.1 Å². The van der Waals surface area contributed by atoms with Crippen LogP contribution in [0.25, 0.3) is 11.3 Å². The Kier molecular flexibility index (Phi) is 4.77. The number of hydrogen-bond acceptors (Lipinski definition) is 6. The van der Waals surface area contributed by atoms with E-state index in [1.165, 1.54) is 11.3 Å². The van der Waals surface area contributed by atoms with E-state index < -0.39 is 0 Å². The maximum atomic E-state index is 9.53. The summed E-state index contributed by atoms with van der Waals surface area (Å²) in [7, 11) is 1.98.